The second-order valence-corrected chi connectivity index (χ2v) is 15.2. The van der Waals surface area contributed by atoms with Crippen LogP contribution in [0.3, 0.4) is 0 Å². The maximum atomic E-state index is 14.5. The number of aliphatic hydroxyl groups excluding tert-OH is 1. The van der Waals surface area contributed by atoms with Crippen molar-refractivity contribution in [1.29, 1.82) is 5.26 Å². The zero-order valence-corrected chi connectivity index (χ0v) is 24.5. The summed E-state index contributed by atoms with van der Waals surface area (Å²) in [6.45, 7) is 14.8. The summed E-state index contributed by atoms with van der Waals surface area (Å²) in [4.78, 5) is 19.3. The normalized spacial score (nSPS) is 48.5. The molecule has 0 aromatic carbocycles. The summed E-state index contributed by atoms with van der Waals surface area (Å²) in [5.74, 6) is 1.10. The van der Waals surface area contributed by atoms with E-state index in [-0.39, 0.29) is 50.8 Å². The van der Waals surface area contributed by atoms with Crippen LogP contribution in [0.1, 0.15) is 98.2 Å². The molecule has 0 bridgehead atoms. The molecule has 7 heteroatoms. The molecule has 0 radical (unpaired) electrons. The van der Waals surface area contributed by atoms with Crippen molar-refractivity contribution >= 4 is 5.78 Å². The van der Waals surface area contributed by atoms with Gasteiger partial charge in [0.05, 0.1) is 22.7 Å². The molecule has 0 saturated heterocycles. The van der Waals surface area contributed by atoms with Gasteiger partial charge in [-0.25, -0.2) is 0 Å². The van der Waals surface area contributed by atoms with E-state index in [1.165, 1.54) is 0 Å². The third-order valence-electron chi connectivity index (χ3n) is 12.7. The second kappa shape index (κ2) is 7.91. The van der Waals surface area contributed by atoms with Crippen LogP contribution in [0.15, 0.2) is 27.8 Å². The van der Waals surface area contributed by atoms with E-state index in [0.717, 1.165) is 44.1 Å². The fourth-order valence-corrected chi connectivity index (χ4v) is 10.3. The number of allylic oxidation sites excluding steroid dienone is 3. The maximum Gasteiger partial charge on any atom is 0.233 e. The van der Waals surface area contributed by atoms with E-state index in [4.69, 9.17) is 9.51 Å². The maximum absolute atomic E-state index is 14.5. The van der Waals surface area contributed by atoms with Gasteiger partial charge in [0.2, 0.25) is 5.89 Å². The molecular formula is C32H43N3O4. The standard InChI is InChI=1S/C32H43N3O4/c1-18-34-26(39-35-18)32-12-10-27(2,3)16-20(32)24-21(36)14-23-28(4)15-19(17-33)25(37)31(7,38)22(28)8-9-29(23,5)30(24,6)11-13-32/h14-15,20,22,24-25,37-38H,8-13,16H2,1-7H3/t20-,22+,24-,25?,28-,29+,30+,31-,32-/m0/s1. The van der Waals surface area contributed by atoms with E-state index in [9.17, 15) is 20.3 Å². The molecule has 3 saturated carbocycles. The van der Waals surface area contributed by atoms with Crippen molar-refractivity contribution < 1.29 is 19.5 Å². The van der Waals surface area contributed by atoms with E-state index in [1.54, 1.807) is 6.92 Å². The van der Waals surface area contributed by atoms with E-state index < -0.39 is 17.1 Å². The second-order valence-electron chi connectivity index (χ2n) is 15.2. The van der Waals surface area contributed by atoms with Gasteiger partial charge < -0.3 is 14.7 Å². The van der Waals surface area contributed by atoms with Crippen LogP contribution >= 0.6 is 0 Å². The van der Waals surface area contributed by atoms with Crippen molar-refractivity contribution in [3.63, 3.8) is 0 Å². The molecule has 1 aromatic rings. The quantitative estimate of drug-likeness (QED) is 0.498. The monoisotopic (exact) mass is 533 g/mol. The fourth-order valence-electron chi connectivity index (χ4n) is 10.3. The lowest BCUT2D eigenvalue weighted by molar-refractivity contribution is -0.172. The fraction of sp³-hybridized carbons (Fsp3) is 0.750. The van der Waals surface area contributed by atoms with Gasteiger partial charge in [0.15, 0.2) is 11.6 Å². The highest BCUT2D eigenvalue weighted by Crippen LogP contribution is 2.74. The third-order valence-corrected chi connectivity index (χ3v) is 12.7. The summed E-state index contributed by atoms with van der Waals surface area (Å²) in [6.07, 6.45) is 8.73. The van der Waals surface area contributed by atoms with Crippen LogP contribution in [-0.2, 0) is 10.2 Å². The van der Waals surface area contributed by atoms with Crippen LogP contribution in [0.4, 0.5) is 0 Å². The summed E-state index contributed by atoms with van der Waals surface area (Å²) >= 11 is 0. The molecule has 1 heterocycles. The number of rotatable bonds is 1. The first-order valence-electron chi connectivity index (χ1n) is 14.7. The van der Waals surface area contributed by atoms with Crippen molar-refractivity contribution in [2.24, 2.45) is 39.4 Å². The van der Waals surface area contributed by atoms with E-state index in [0.29, 0.717) is 18.1 Å². The van der Waals surface area contributed by atoms with E-state index in [1.807, 2.05) is 19.1 Å². The molecular weight excluding hydrogens is 490 g/mol. The molecule has 7 nitrogen and oxygen atoms in total. The molecule has 39 heavy (non-hydrogen) atoms. The summed E-state index contributed by atoms with van der Waals surface area (Å²) < 4.78 is 5.88. The predicted octanol–water partition coefficient (Wildman–Crippen LogP) is 5.37. The average molecular weight is 534 g/mol. The highest BCUT2D eigenvalue weighted by atomic mass is 16.5. The molecule has 0 amide bonds. The smallest absolute Gasteiger partial charge is 0.233 e. The average Bonchev–Trinajstić information content (AvgIpc) is 3.29. The Kier molecular flexibility index (Phi) is 5.46. The van der Waals surface area contributed by atoms with Gasteiger partial charge in [-0.15, -0.1) is 0 Å². The van der Waals surface area contributed by atoms with Crippen molar-refractivity contribution in [3.8, 4) is 6.07 Å². The van der Waals surface area contributed by atoms with Gasteiger partial charge in [0.1, 0.15) is 6.10 Å². The van der Waals surface area contributed by atoms with Crippen molar-refractivity contribution in [3.05, 3.63) is 35.0 Å². The van der Waals surface area contributed by atoms with Crippen molar-refractivity contribution in [1.82, 2.24) is 10.1 Å². The lowest BCUT2D eigenvalue weighted by atomic mass is 9.34. The zero-order valence-electron chi connectivity index (χ0n) is 24.5. The Labute approximate surface area is 231 Å². The van der Waals surface area contributed by atoms with Gasteiger partial charge in [-0.1, -0.05) is 51.4 Å². The largest absolute Gasteiger partial charge is 0.387 e. The van der Waals surface area contributed by atoms with Crippen LogP contribution in [0.25, 0.3) is 0 Å². The highest BCUT2D eigenvalue weighted by molar-refractivity contribution is 5.95. The molecule has 210 valence electrons. The van der Waals surface area contributed by atoms with E-state index >= 15 is 0 Å². The Bertz CT molecular complexity index is 1350. The van der Waals surface area contributed by atoms with E-state index in [2.05, 4.69) is 45.8 Å². The first kappa shape index (κ1) is 26.9. The van der Waals surface area contributed by atoms with Crippen LogP contribution in [0.5, 0.6) is 0 Å². The number of carbonyl (C=O) groups excluding carboxylic acids is 1. The van der Waals surface area contributed by atoms with Crippen LogP contribution in [0.2, 0.25) is 0 Å². The van der Waals surface area contributed by atoms with Gasteiger partial charge >= 0.3 is 0 Å². The minimum atomic E-state index is -1.46. The number of fused-ring (bicyclic) bond motifs is 7. The number of ketones is 1. The molecule has 1 aromatic heterocycles. The number of nitriles is 1. The molecule has 1 unspecified atom stereocenters. The number of aryl methyl sites for hydroxylation is 1. The van der Waals surface area contributed by atoms with Crippen LogP contribution in [0, 0.1) is 57.7 Å². The van der Waals surface area contributed by atoms with Gasteiger partial charge in [0, 0.05) is 17.3 Å². The molecule has 5 aliphatic rings. The first-order valence-corrected chi connectivity index (χ1v) is 14.7. The van der Waals surface area contributed by atoms with Crippen LogP contribution in [-0.4, -0.2) is 37.8 Å². The summed E-state index contributed by atoms with van der Waals surface area (Å²) in [7, 11) is 0. The zero-order chi connectivity index (χ0) is 28.4. The molecule has 5 aliphatic carbocycles. The Morgan fingerprint density at radius 3 is 2.41 bits per heavy atom. The Balaban J connectivity index is 1.53. The van der Waals surface area contributed by atoms with Crippen LogP contribution < -0.4 is 0 Å². The summed E-state index contributed by atoms with van der Waals surface area (Å²) in [5.41, 5.74) is -1.74. The number of hydrogen-bond acceptors (Lipinski definition) is 7. The number of hydrogen-bond donors (Lipinski definition) is 2. The third kappa shape index (κ3) is 3.25. The van der Waals surface area contributed by atoms with Crippen molar-refractivity contribution in [2.45, 2.75) is 111 Å². The summed E-state index contributed by atoms with van der Waals surface area (Å²) in [5, 5.41) is 36.4. The molecule has 0 spiro atoms. The van der Waals surface area contributed by atoms with Gasteiger partial charge in [0.25, 0.3) is 0 Å². The molecule has 0 aliphatic heterocycles. The molecule has 2 N–H and O–H groups in total. The lowest BCUT2D eigenvalue weighted by Gasteiger charge is -2.69. The number of aliphatic hydroxyl groups is 2. The molecule has 6 rings (SSSR count). The van der Waals surface area contributed by atoms with Crippen molar-refractivity contribution in [2.75, 3.05) is 0 Å². The SMILES string of the molecule is Cc1noc([C@]23CCC(C)(C)C[C@H]2[C@H]2C(=O)C=C4[C@@]5(C)C=C(C#N)C(O)[C@@](C)(O)[C@@H]5CC[C@@]4(C)[C@]2(C)CC3)n1. The Morgan fingerprint density at radius 1 is 1.08 bits per heavy atom. The Morgan fingerprint density at radius 2 is 1.77 bits per heavy atom. The van der Waals surface area contributed by atoms with Gasteiger partial charge in [-0.05, 0) is 87.0 Å². The minimum Gasteiger partial charge on any atom is -0.387 e. The molecule has 3 fully saturated rings. The molecule has 9 atom stereocenters. The highest BCUT2D eigenvalue weighted by Gasteiger charge is 2.71. The summed E-state index contributed by atoms with van der Waals surface area (Å²) in [6, 6.07) is 2.14. The number of aromatic nitrogens is 2. The predicted molar refractivity (Wildman–Crippen MR) is 145 cm³/mol. The number of nitrogens with zero attached hydrogens (tertiary/aromatic N) is 3. The topological polar surface area (TPSA) is 120 Å². The Hall–Kier alpha value is -2.30. The van der Waals surface area contributed by atoms with Gasteiger partial charge in [-0.2, -0.15) is 10.2 Å². The minimum absolute atomic E-state index is 0.0917. The first-order chi connectivity index (χ1) is 18.1. The van der Waals surface area contributed by atoms with Gasteiger partial charge in [-0.3, -0.25) is 4.79 Å². The number of carbonyl (C=O) groups is 1. The lowest BCUT2D eigenvalue weighted by Crippen LogP contribution is -2.67.